The summed E-state index contributed by atoms with van der Waals surface area (Å²) in [5.41, 5.74) is 1.14. The van der Waals surface area contributed by atoms with Crippen LogP contribution in [-0.2, 0) is 0 Å². The van der Waals surface area contributed by atoms with Crippen molar-refractivity contribution in [3.05, 3.63) is 59.1 Å². The Balaban J connectivity index is 2.14. The first kappa shape index (κ1) is 15.7. The van der Waals surface area contributed by atoms with Crippen molar-refractivity contribution < 1.29 is 9.47 Å². The summed E-state index contributed by atoms with van der Waals surface area (Å²) < 4.78 is 11.2. The summed E-state index contributed by atoms with van der Waals surface area (Å²) in [5, 5.41) is 3.91. The quantitative estimate of drug-likeness (QED) is 0.872. The smallest absolute Gasteiger partial charge is 0.138 e. The minimum atomic E-state index is -0.0664. The highest BCUT2D eigenvalue weighted by atomic mass is 35.5. The molecule has 0 saturated carbocycles. The van der Waals surface area contributed by atoms with Gasteiger partial charge in [0.2, 0.25) is 0 Å². The fraction of sp³-hybridized carbons (Fsp3) is 0.294. The molecule has 0 aliphatic rings. The maximum Gasteiger partial charge on any atom is 0.138 e. The molecular weight excluding hydrogens is 286 g/mol. The molecule has 21 heavy (non-hydrogen) atoms. The van der Waals surface area contributed by atoms with Gasteiger partial charge in [0.15, 0.2) is 0 Å². The molecule has 3 nitrogen and oxygen atoms in total. The number of methoxy groups -OCH3 is 1. The maximum atomic E-state index is 6.14. The average Bonchev–Trinajstić information content (AvgIpc) is 2.51. The third-order valence-corrected chi connectivity index (χ3v) is 3.72. The van der Waals surface area contributed by atoms with E-state index in [9.17, 15) is 0 Å². The summed E-state index contributed by atoms with van der Waals surface area (Å²) in [5.74, 6) is 1.54. The zero-order valence-corrected chi connectivity index (χ0v) is 13.2. The molecule has 0 aliphatic carbocycles. The van der Waals surface area contributed by atoms with Crippen molar-refractivity contribution in [2.24, 2.45) is 0 Å². The highest BCUT2D eigenvalue weighted by Crippen LogP contribution is 2.28. The van der Waals surface area contributed by atoms with Gasteiger partial charge in [0.05, 0.1) is 18.2 Å². The molecule has 2 aromatic carbocycles. The number of nitrogens with one attached hydrogen (secondary N) is 1. The molecule has 0 radical (unpaired) electrons. The van der Waals surface area contributed by atoms with Crippen LogP contribution < -0.4 is 14.8 Å². The van der Waals surface area contributed by atoms with Crippen LogP contribution in [-0.4, -0.2) is 20.3 Å². The molecule has 0 spiro atoms. The van der Waals surface area contributed by atoms with Crippen molar-refractivity contribution in [3.63, 3.8) is 0 Å². The van der Waals surface area contributed by atoms with E-state index >= 15 is 0 Å². The number of hydrogen-bond acceptors (Lipinski definition) is 3. The van der Waals surface area contributed by atoms with Crippen molar-refractivity contribution in [2.75, 3.05) is 14.2 Å². The van der Waals surface area contributed by atoms with Gasteiger partial charge in [-0.25, -0.2) is 0 Å². The number of ether oxygens (including phenoxy) is 2. The molecule has 0 fully saturated rings. The number of hydrogen-bond donors (Lipinski definition) is 1. The molecule has 1 N–H and O–H groups in total. The third kappa shape index (κ3) is 3.90. The number of rotatable bonds is 6. The Kier molecular flexibility index (Phi) is 5.48. The van der Waals surface area contributed by atoms with Gasteiger partial charge in [0, 0.05) is 0 Å². The van der Waals surface area contributed by atoms with Gasteiger partial charge in [-0.15, -0.1) is 0 Å². The van der Waals surface area contributed by atoms with Gasteiger partial charge in [-0.2, -0.15) is 0 Å². The van der Waals surface area contributed by atoms with Crippen LogP contribution in [0.25, 0.3) is 0 Å². The fourth-order valence-corrected chi connectivity index (χ4v) is 2.47. The topological polar surface area (TPSA) is 30.5 Å². The number of likely N-dealkylation sites (N-methyl/N-ethyl adjacent to an activating group) is 1. The summed E-state index contributed by atoms with van der Waals surface area (Å²) in [6, 6.07) is 15.5. The second-order valence-corrected chi connectivity index (χ2v) is 5.20. The molecule has 0 amide bonds. The SMILES string of the molecule is CNC(c1ccc(OC)cc1)C(C)Oc1ccccc1Cl. The van der Waals surface area contributed by atoms with Gasteiger partial charge in [0.25, 0.3) is 0 Å². The third-order valence-electron chi connectivity index (χ3n) is 3.40. The van der Waals surface area contributed by atoms with E-state index in [1.807, 2.05) is 62.5 Å². The molecule has 2 atom stereocenters. The predicted octanol–water partition coefficient (Wildman–Crippen LogP) is 4.08. The first-order valence-electron chi connectivity index (χ1n) is 6.88. The van der Waals surface area contributed by atoms with Crippen molar-refractivity contribution in [2.45, 2.75) is 19.1 Å². The molecule has 112 valence electrons. The Morgan fingerprint density at radius 1 is 1.05 bits per heavy atom. The first-order valence-corrected chi connectivity index (χ1v) is 7.26. The number of halogens is 1. The molecule has 0 bridgehead atoms. The number of benzene rings is 2. The van der Waals surface area contributed by atoms with Crippen LogP contribution in [0, 0.1) is 0 Å². The fourth-order valence-electron chi connectivity index (χ4n) is 2.29. The first-order chi connectivity index (χ1) is 10.2. The van der Waals surface area contributed by atoms with E-state index in [1.54, 1.807) is 7.11 Å². The van der Waals surface area contributed by atoms with E-state index in [2.05, 4.69) is 5.32 Å². The van der Waals surface area contributed by atoms with E-state index in [0.717, 1.165) is 11.3 Å². The largest absolute Gasteiger partial charge is 0.497 e. The van der Waals surface area contributed by atoms with Gasteiger partial charge in [-0.1, -0.05) is 35.9 Å². The Labute approximate surface area is 130 Å². The Morgan fingerprint density at radius 2 is 1.71 bits per heavy atom. The monoisotopic (exact) mass is 305 g/mol. The van der Waals surface area contributed by atoms with Crippen molar-refractivity contribution in [1.29, 1.82) is 0 Å². The van der Waals surface area contributed by atoms with E-state index in [-0.39, 0.29) is 12.1 Å². The Hall–Kier alpha value is -1.71. The second kappa shape index (κ2) is 7.34. The molecule has 0 saturated heterocycles. The zero-order chi connectivity index (χ0) is 15.2. The van der Waals surface area contributed by atoms with E-state index in [1.165, 1.54) is 0 Å². The lowest BCUT2D eigenvalue weighted by Crippen LogP contribution is -2.31. The predicted molar refractivity (Wildman–Crippen MR) is 86.3 cm³/mol. The summed E-state index contributed by atoms with van der Waals surface area (Å²) in [7, 11) is 3.58. The summed E-state index contributed by atoms with van der Waals surface area (Å²) >= 11 is 6.14. The lowest BCUT2D eigenvalue weighted by molar-refractivity contribution is 0.175. The van der Waals surface area contributed by atoms with Crippen LogP contribution in [0.15, 0.2) is 48.5 Å². The summed E-state index contributed by atoms with van der Waals surface area (Å²) in [4.78, 5) is 0. The van der Waals surface area contributed by atoms with E-state index < -0.39 is 0 Å². The lowest BCUT2D eigenvalue weighted by atomic mass is 10.0. The highest BCUT2D eigenvalue weighted by Gasteiger charge is 2.20. The maximum absolute atomic E-state index is 6.14. The Morgan fingerprint density at radius 3 is 2.29 bits per heavy atom. The number of para-hydroxylation sites is 1. The minimum absolute atomic E-state index is 0.0622. The summed E-state index contributed by atoms with van der Waals surface area (Å²) in [6.45, 7) is 2.02. The van der Waals surface area contributed by atoms with E-state index in [4.69, 9.17) is 21.1 Å². The normalized spacial score (nSPS) is 13.5. The Bertz CT molecular complexity index is 571. The molecular formula is C17H20ClNO2. The molecule has 0 aliphatic heterocycles. The van der Waals surface area contributed by atoms with Crippen LogP contribution in [0.1, 0.15) is 18.5 Å². The molecule has 4 heteroatoms. The standard InChI is InChI=1S/C17H20ClNO2/c1-12(21-16-7-5-4-6-15(16)18)17(19-2)13-8-10-14(20-3)11-9-13/h4-12,17,19H,1-3H3. The van der Waals surface area contributed by atoms with Gasteiger partial charge in [-0.3, -0.25) is 0 Å². The van der Waals surface area contributed by atoms with Gasteiger partial charge in [-0.05, 0) is 43.8 Å². The van der Waals surface area contributed by atoms with Crippen LogP contribution in [0.5, 0.6) is 11.5 Å². The molecule has 2 rings (SSSR count). The van der Waals surface area contributed by atoms with Crippen LogP contribution >= 0.6 is 11.6 Å². The van der Waals surface area contributed by atoms with Gasteiger partial charge < -0.3 is 14.8 Å². The lowest BCUT2D eigenvalue weighted by Gasteiger charge is -2.25. The minimum Gasteiger partial charge on any atom is -0.497 e. The molecule has 0 heterocycles. The molecule has 2 unspecified atom stereocenters. The second-order valence-electron chi connectivity index (χ2n) is 4.79. The van der Waals surface area contributed by atoms with Crippen LogP contribution in [0.3, 0.4) is 0 Å². The van der Waals surface area contributed by atoms with Crippen molar-refractivity contribution in [3.8, 4) is 11.5 Å². The zero-order valence-electron chi connectivity index (χ0n) is 12.5. The van der Waals surface area contributed by atoms with Gasteiger partial charge >= 0.3 is 0 Å². The van der Waals surface area contributed by atoms with Crippen LogP contribution in [0.2, 0.25) is 5.02 Å². The van der Waals surface area contributed by atoms with Crippen molar-refractivity contribution >= 4 is 11.6 Å². The summed E-state index contributed by atoms with van der Waals surface area (Å²) in [6.07, 6.45) is -0.0664. The molecule has 2 aromatic rings. The molecule has 0 aromatic heterocycles. The van der Waals surface area contributed by atoms with Crippen molar-refractivity contribution in [1.82, 2.24) is 5.32 Å². The van der Waals surface area contributed by atoms with Crippen LogP contribution in [0.4, 0.5) is 0 Å². The van der Waals surface area contributed by atoms with E-state index in [0.29, 0.717) is 10.8 Å². The average molecular weight is 306 g/mol. The van der Waals surface area contributed by atoms with Gasteiger partial charge in [0.1, 0.15) is 17.6 Å². The highest BCUT2D eigenvalue weighted by molar-refractivity contribution is 6.32.